The van der Waals surface area contributed by atoms with Crippen LogP contribution in [-0.2, 0) is 35.5 Å². The zero-order valence-electron chi connectivity index (χ0n) is 20.6. The number of nitrogens with zero attached hydrogens (tertiary/aromatic N) is 2. The summed E-state index contributed by atoms with van der Waals surface area (Å²) in [7, 11) is 0. The fourth-order valence-electron chi connectivity index (χ4n) is 4.19. The van der Waals surface area contributed by atoms with E-state index in [-0.39, 0.29) is 30.6 Å². The summed E-state index contributed by atoms with van der Waals surface area (Å²) < 4.78 is 13.6. The second-order valence-corrected chi connectivity index (χ2v) is 8.91. The van der Waals surface area contributed by atoms with Gasteiger partial charge in [0, 0.05) is 38.3 Å². The molecule has 37 heavy (non-hydrogen) atoms. The highest BCUT2D eigenvalue weighted by Gasteiger charge is 2.30. The summed E-state index contributed by atoms with van der Waals surface area (Å²) in [6, 6.07) is 28.5. The van der Waals surface area contributed by atoms with Crippen LogP contribution in [0.5, 0.6) is 0 Å². The van der Waals surface area contributed by atoms with Crippen LogP contribution in [0.1, 0.15) is 28.7 Å². The summed E-state index contributed by atoms with van der Waals surface area (Å²) in [5.74, 6) is -0.717. The largest absolute Gasteiger partial charge is 0.350 e. The Kier molecular flexibility index (Phi) is 9.13. The first-order valence-electron chi connectivity index (χ1n) is 12.4. The molecule has 5 nitrogen and oxygen atoms in total. The monoisotopic (exact) mass is 495 g/mol. The van der Waals surface area contributed by atoms with Gasteiger partial charge in [0.1, 0.15) is 11.9 Å². The summed E-state index contributed by atoms with van der Waals surface area (Å²) in [4.78, 5) is 32.9. The molecule has 188 valence electrons. The lowest BCUT2D eigenvalue weighted by atomic mass is 10.0. The number of aromatic nitrogens is 1. The van der Waals surface area contributed by atoms with Crippen molar-refractivity contribution in [3.05, 3.63) is 138 Å². The van der Waals surface area contributed by atoms with Gasteiger partial charge in [-0.2, -0.15) is 0 Å². The van der Waals surface area contributed by atoms with Gasteiger partial charge in [0.25, 0.3) is 0 Å². The molecule has 0 radical (unpaired) electrons. The zero-order chi connectivity index (χ0) is 25.9. The van der Waals surface area contributed by atoms with Crippen molar-refractivity contribution < 1.29 is 14.0 Å². The van der Waals surface area contributed by atoms with E-state index in [9.17, 15) is 14.0 Å². The van der Waals surface area contributed by atoms with Crippen LogP contribution >= 0.6 is 0 Å². The third-order valence-corrected chi connectivity index (χ3v) is 6.22. The molecule has 0 aliphatic carbocycles. The summed E-state index contributed by atoms with van der Waals surface area (Å²) in [6.07, 6.45) is 4.54. The predicted octanol–water partition coefficient (Wildman–Crippen LogP) is 5.11. The van der Waals surface area contributed by atoms with Gasteiger partial charge in [0.15, 0.2) is 0 Å². The zero-order valence-corrected chi connectivity index (χ0v) is 20.6. The standard InChI is InChI=1S/C31H30FN3O2/c32-28-14-11-27(12-15-28)23-35(30(36)16-13-24-7-3-1-4-8-24)29(21-25-9-5-2-6-10-25)31(37)34-22-26-17-19-33-20-18-26/h1-12,14-15,17-20,29H,13,16,21-23H2,(H,34,37). The number of rotatable bonds is 11. The molecule has 0 aliphatic heterocycles. The molecule has 0 aliphatic rings. The number of benzene rings is 3. The van der Waals surface area contributed by atoms with E-state index in [4.69, 9.17) is 0 Å². The Bertz CT molecular complexity index is 1270. The first-order chi connectivity index (χ1) is 18.1. The van der Waals surface area contributed by atoms with E-state index >= 15 is 0 Å². The Hall–Kier alpha value is -4.32. The van der Waals surface area contributed by atoms with Gasteiger partial charge in [0.05, 0.1) is 0 Å². The quantitative estimate of drug-likeness (QED) is 0.315. The van der Waals surface area contributed by atoms with Crippen molar-refractivity contribution in [2.45, 2.75) is 38.4 Å². The van der Waals surface area contributed by atoms with Crippen molar-refractivity contribution in [1.82, 2.24) is 15.2 Å². The number of hydrogen-bond donors (Lipinski definition) is 1. The van der Waals surface area contributed by atoms with Crippen molar-refractivity contribution in [2.24, 2.45) is 0 Å². The lowest BCUT2D eigenvalue weighted by Crippen LogP contribution is -2.50. The van der Waals surface area contributed by atoms with Gasteiger partial charge in [0.2, 0.25) is 11.8 Å². The van der Waals surface area contributed by atoms with E-state index in [1.807, 2.05) is 72.8 Å². The molecule has 0 fully saturated rings. The van der Waals surface area contributed by atoms with Gasteiger partial charge >= 0.3 is 0 Å². The molecule has 6 heteroatoms. The third kappa shape index (κ3) is 7.84. The molecule has 2 amide bonds. The average molecular weight is 496 g/mol. The molecule has 4 aromatic rings. The molecule has 1 aromatic heterocycles. The maximum absolute atomic E-state index is 13.7. The number of pyridine rings is 1. The van der Waals surface area contributed by atoms with Crippen molar-refractivity contribution in [1.29, 1.82) is 0 Å². The van der Waals surface area contributed by atoms with Gasteiger partial charge in [-0.1, -0.05) is 72.8 Å². The van der Waals surface area contributed by atoms with Crippen LogP contribution in [0.25, 0.3) is 0 Å². The maximum atomic E-state index is 13.7. The first-order valence-corrected chi connectivity index (χ1v) is 12.4. The van der Waals surface area contributed by atoms with E-state index in [0.29, 0.717) is 19.4 Å². The SMILES string of the molecule is O=C(NCc1ccncc1)C(Cc1ccccc1)N(Cc1ccc(F)cc1)C(=O)CCc1ccccc1. The predicted molar refractivity (Wildman–Crippen MR) is 142 cm³/mol. The minimum absolute atomic E-state index is 0.131. The van der Waals surface area contributed by atoms with E-state index < -0.39 is 6.04 Å². The van der Waals surface area contributed by atoms with Crippen molar-refractivity contribution >= 4 is 11.8 Å². The minimum atomic E-state index is -0.738. The molecular weight excluding hydrogens is 465 g/mol. The molecule has 0 saturated carbocycles. The van der Waals surface area contributed by atoms with Crippen LogP contribution in [-0.4, -0.2) is 27.7 Å². The Morgan fingerprint density at radius 1 is 0.757 bits per heavy atom. The Balaban J connectivity index is 1.60. The Morgan fingerprint density at radius 2 is 1.38 bits per heavy atom. The van der Waals surface area contributed by atoms with Gasteiger partial charge in [-0.15, -0.1) is 0 Å². The third-order valence-electron chi connectivity index (χ3n) is 6.22. The number of amides is 2. The lowest BCUT2D eigenvalue weighted by Gasteiger charge is -2.31. The van der Waals surface area contributed by atoms with Crippen molar-refractivity contribution in [2.75, 3.05) is 0 Å². The number of carbonyl (C=O) groups excluding carboxylic acids is 2. The minimum Gasteiger partial charge on any atom is -0.350 e. The highest BCUT2D eigenvalue weighted by Crippen LogP contribution is 2.17. The number of nitrogens with one attached hydrogen (secondary N) is 1. The van der Waals surface area contributed by atoms with Crippen LogP contribution in [0.3, 0.4) is 0 Å². The number of hydrogen-bond acceptors (Lipinski definition) is 3. The van der Waals surface area contributed by atoms with Crippen molar-refractivity contribution in [3.8, 4) is 0 Å². The van der Waals surface area contributed by atoms with Crippen LogP contribution in [0.4, 0.5) is 4.39 Å². The average Bonchev–Trinajstić information content (AvgIpc) is 2.95. The van der Waals surface area contributed by atoms with Crippen LogP contribution in [0, 0.1) is 5.82 Å². The van der Waals surface area contributed by atoms with Crippen LogP contribution in [0.15, 0.2) is 109 Å². The maximum Gasteiger partial charge on any atom is 0.243 e. The number of carbonyl (C=O) groups is 2. The van der Waals surface area contributed by atoms with Crippen LogP contribution in [0.2, 0.25) is 0 Å². The molecule has 0 saturated heterocycles. The Labute approximate surface area is 217 Å². The second kappa shape index (κ2) is 13.1. The van der Waals surface area contributed by atoms with Gasteiger partial charge in [-0.05, 0) is 52.9 Å². The van der Waals surface area contributed by atoms with E-state index in [1.165, 1.54) is 12.1 Å². The topological polar surface area (TPSA) is 62.3 Å². The normalized spacial score (nSPS) is 11.5. The van der Waals surface area contributed by atoms with Gasteiger partial charge < -0.3 is 10.2 Å². The first kappa shape index (κ1) is 25.8. The highest BCUT2D eigenvalue weighted by atomic mass is 19.1. The van der Waals surface area contributed by atoms with Crippen molar-refractivity contribution in [3.63, 3.8) is 0 Å². The molecule has 1 unspecified atom stereocenters. The van der Waals surface area contributed by atoms with Gasteiger partial charge in [-0.3, -0.25) is 14.6 Å². The second-order valence-electron chi connectivity index (χ2n) is 8.91. The summed E-state index contributed by atoms with van der Waals surface area (Å²) >= 11 is 0. The summed E-state index contributed by atoms with van der Waals surface area (Å²) in [5, 5.41) is 3.00. The fraction of sp³-hybridized carbons (Fsp3) is 0.194. The van der Waals surface area contributed by atoms with E-state index in [1.54, 1.807) is 29.4 Å². The molecule has 3 aromatic carbocycles. The smallest absolute Gasteiger partial charge is 0.243 e. The Morgan fingerprint density at radius 3 is 2.03 bits per heavy atom. The number of halogens is 1. The molecule has 4 rings (SSSR count). The summed E-state index contributed by atoms with van der Waals surface area (Å²) in [6.45, 7) is 0.531. The molecule has 1 atom stereocenters. The van der Waals surface area contributed by atoms with Gasteiger partial charge in [-0.25, -0.2) is 4.39 Å². The molecule has 0 bridgehead atoms. The number of aryl methyl sites for hydroxylation is 1. The summed E-state index contributed by atoms with van der Waals surface area (Å²) in [5.41, 5.74) is 3.68. The molecule has 0 spiro atoms. The molecule has 1 heterocycles. The lowest BCUT2D eigenvalue weighted by molar-refractivity contribution is -0.141. The van der Waals surface area contributed by atoms with Crippen LogP contribution < -0.4 is 5.32 Å². The van der Waals surface area contributed by atoms with E-state index in [0.717, 1.165) is 22.3 Å². The highest BCUT2D eigenvalue weighted by molar-refractivity contribution is 5.88. The fourth-order valence-corrected chi connectivity index (χ4v) is 4.19. The van der Waals surface area contributed by atoms with E-state index in [2.05, 4.69) is 10.3 Å². The molecule has 1 N–H and O–H groups in total. The molecular formula is C31H30FN3O2.